The van der Waals surface area contributed by atoms with Gasteiger partial charge in [0.2, 0.25) is 0 Å². The van der Waals surface area contributed by atoms with E-state index in [1.54, 1.807) is 5.06 Å². The molecule has 0 unspecified atom stereocenters. The Hall–Kier alpha value is -0.810. The van der Waals surface area contributed by atoms with Gasteiger partial charge in [-0.25, -0.2) is 4.79 Å². The third kappa shape index (κ3) is 2.90. The smallest absolute Gasteiger partial charge is 0.411 e. The fourth-order valence-electron chi connectivity index (χ4n) is 9.24. The van der Waals surface area contributed by atoms with E-state index in [9.17, 15) is 10.0 Å². The van der Waals surface area contributed by atoms with E-state index in [2.05, 4.69) is 32.6 Å². The first-order valence-corrected chi connectivity index (χ1v) is 12.2. The van der Waals surface area contributed by atoms with Gasteiger partial charge in [0.1, 0.15) is 5.60 Å². The third-order valence-electron chi connectivity index (χ3n) is 9.63. The second-order valence-corrected chi connectivity index (χ2v) is 13.8. The van der Waals surface area contributed by atoms with Crippen LogP contribution in [0.2, 0.25) is 0 Å². The second kappa shape index (κ2) is 5.95. The van der Waals surface area contributed by atoms with Crippen LogP contribution in [0.5, 0.6) is 0 Å². The highest BCUT2D eigenvalue weighted by Crippen LogP contribution is 2.64. The number of ether oxygens (including phenoxy) is 1. The van der Waals surface area contributed by atoms with Crippen molar-refractivity contribution in [3.05, 3.63) is 0 Å². The summed E-state index contributed by atoms with van der Waals surface area (Å²) in [4.78, 5) is 14.6. The number of hydrogen-bond acceptors (Lipinski definition) is 4. The summed E-state index contributed by atoms with van der Waals surface area (Å²) in [5, 5.41) is 11.7. The van der Waals surface area contributed by atoms with Gasteiger partial charge in [-0.1, -0.05) is 0 Å². The van der Waals surface area contributed by atoms with Gasteiger partial charge in [-0.05, 0) is 124 Å². The highest BCUT2D eigenvalue weighted by atomic mass is 16.6. The first-order valence-electron chi connectivity index (χ1n) is 12.2. The lowest BCUT2D eigenvalue weighted by molar-refractivity contribution is -0.252. The Labute approximate surface area is 182 Å². The Balaban J connectivity index is 0.000000139. The van der Waals surface area contributed by atoms with Crippen LogP contribution in [0, 0.1) is 23.7 Å². The summed E-state index contributed by atoms with van der Waals surface area (Å²) in [6.45, 7) is 14.8. The lowest BCUT2D eigenvalue weighted by atomic mass is 9.78. The molecule has 0 atom stereocenters. The summed E-state index contributed by atoms with van der Waals surface area (Å²) < 4.78 is 5.64. The summed E-state index contributed by atoms with van der Waals surface area (Å²) >= 11 is 0. The lowest BCUT2D eigenvalue weighted by Gasteiger charge is -2.53. The van der Waals surface area contributed by atoms with Crippen LogP contribution in [-0.2, 0) is 4.74 Å². The number of carbonyl (C=O) groups excluding carboxylic acids is 1. The maximum absolute atomic E-state index is 12.6. The Morgan fingerprint density at radius 1 is 0.733 bits per heavy atom. The van der Waals surface area contributed by atoms with E-state index in [1.807, 2.05) is 20.8 Å². The quantitative estimate of drug-likeness (QED) is 0.556. The van der Waals surface area contributed by atoms with Crippen molar-refractivity contribution < 1.29 is 14.7 Å². The fourth-order valence-corrected chi connectivity index (χ4v) is 9.24. The van der Waals surface area contributed by atoms with Gasteiger partial charge >= 0.3 is 6.09 Å². The SMILES string of the molecule is CC(C)(C)OC(=O)N1C2(C)CC3CC1(C)CC3C2.CC12CC3CC(C)(CC3C1)N2O. The first kappa shape index (κ1) is 21.1. The van der Waals surface area contributed by atoms with Crippen molar-refractivity contribution in [2.45, 2.75) is 128 Å². The zero-order chi connectivity index (χ0) is 21.9. The minimum absolute atomic E-state index is 0.0446. The van der Waals surface area contributed by atoms with Crippen LogP contribution in [0.4, 0.5) is 4.79 Å². The van der Waals surface area contributed by atoms with Crippen LogP contribution in [-0.4, -0.2) is 49.0 Å². The molecule has 30 heavy (non-hydrogen) atoms. The van der Waals surface area contributed by atoms with Crippen LogP contribution < -0.4 is 0 Å². The monoisotopic (exact) mass is 418 g/mol. The first-order chi connectivity index (χ1) is 13.7. The second-order valence-electron chi connectivity index (χ2n) is 13.8. The Bertz CT molecular complexity index is 684. The number of rotatable bonds is 0. The average Bonchev–Trinajstić information content (AvgIpc) is 3.14. The van der Waals surface area contributed by atoms with Crippen molar-refractivity contribution in [1.29, 1.82) is 0 Å². The van der Waals surface area contributed by atoms with Crippen LogP contribution in [0.1, 0.15) is 99.8 Å². The van der Waals surface area contributed by atoms with Gasteiger partial charge in [0.15, 0.2) is 0 Å². The molecule has 5 nitrogen and oxygen atoms in total. The standard InChI is InChI=1S/C15H25NO2.C10H17NO/c1-13(2,3)18-12(17)16-14(4)6-10-8-15(16,5)9-11(10)7-14;1-9-3-7-5-10(2,11(9)12)6-8(7)4-9/h10-11H,6-9H2,1-5H3;7-8,12H,3-6H2,1-2H3. The van der Waals surface area contributed by atoms with Crippen LogP contribution in [0.3, 0.4) is 0 Å². The van der Waals surface area contributed by atoms with Crippen LogP contribution >= 0.6 is 0 Å². The maximum Gasteiger partial charge on any atom is 0.411 e. The molecule has 4 aliphatic heterocycles. The molecular formula is C25H42N2O3. The van der Waals surface area contributed by atoms with Gasteiger partial charge in [0.25, 0.3) is 0 Å². The molecule has 1 amide bonds. The zero-order valence-electron chi connectivity index (χ0n) is 20.1. The molecule has 4 saturated carbocycles. The molecule has 0 aromatic rings. The van der Waals surface area contributed by atoms with E-state index in [4.69, 9.17) is 4.74 Å². The van der Waals surface area contributed by atoms with Crippen molar-refractivity contribution in [3.8, 4) is 0 Å². The summed E-state index contributed by atoms with van der Waals surface area (Å²) in [7, 11) is 0. The molecule has 8 aliphatic rings. The van der Waals surface area contributed by atoms with Crippen molar-refractivity contribution in [2.75, 3.05) is 0 Å². The van der Waals surface area contributed by atoms with E-state index in [1.165, 1.54) is 51.4 Å². The van der Waals surface area contributed by atoms with Crippen molar-refractivity contribution in [2.24, 2.45) is 23.7 Å². The Morgan fingerprint density at radius 2 is 1.03 bits per heavy atom. The largest absolute Gasteiger partial charge is 0.444 e. The normalized spacial score (nSPS) is 52.7. The number of carbonyl (C=O) groups is 1. The lowest BCUT2D eigenvalue weighted by Crippen LogP contribution is -2.63. The molecule has 1 N–H and O–H groups in total. The molecule has 8 rings (SSSR count). The molecule has 0 aromatic heterocycles. The van der Waals surface area contributed by atoms with Gasteiger partial charge in [0, 0.05) is 22.2 Å². The zero-order valence-corrected chi connectivity index (χ0v) is 20.1. The number of amides is 1. The van der Waals surface area contributed by atoms with Gasteiger partial charge < -0.3 is 9.94 Å². The van der Waals surface area contributed by atoms with Gasteiger partial charge in [-0.2, -0.15) is 5.06 Å². The summed E-state index contributed by atoms with van der Waals surface area (Å²) in [5.74, 6) is 3.53. The highest BCUT2D eigenvalue weighted by molar-refractivity contribution is 5.71. The van der Waals surface area contributed by atoms with E-state index >= 15 is 0 Å². The summed E-state index contributed by atoms with van der Waals surface area (Å²) in [6, 6.07) is 0. The minimum atomic E-state index is -0.400. The molecule has 5 heteroatoms. The van der Waals surface area contributed by atoms with Gasteiger partial charge in [-0.3, -0.25) is 4.90 Å². The number of hydroxylamine groups is 2. The van der Waals surface area contributed by atoms with Crippen molar-refractivity contribution in [3.63, 3.8) is 0 Å². The molecular weight excluding hydrogens is 376 g/mol. The van der Waals surface area contributed by atoms with Crippen molar-refractivity contribution in [1.82, 2.24) is 9.96 Å². The van der Waals surface area contributed by atoms with E-state index in [-0.39, 0.29) is 28.2 Å². The number of nitrogens with zero attached hydrogens (tertiary/aromatic N) is 2. The number of hydrogen-bond donors (Lipinski definition) is 1. The average molecular weight is 419 g/mol. The van der Waals surface area contributed by atoms with Gasteiger partial charge in [0.05, 0.1) is 0 Å². The maximum atomic E-state index is 12.6. The molecule has 8 bridgehead atoms. The Morgan fingerprint density at radius 3 is 1.33 bits per heavy atom. The van der Waals surface area contributed by atoms with E-state index < -0.39 is 5.60 Å². The molecule has 4 saturated heterocycles. The molecule has 4 heterocycles. The Kier molecular flexibility index (Phi) is 4.18. The van der Waals surface area contributed by atoms with Crippen molar-refractivity contribution >= 4 is 6.09 Å². The van der Waals surface area contributed by atoms with Crippen LogP contribution in [0.15, 0.2) is 0 Å². The van der Waals surface area contributed by atoms with Gasteiger partial charge in [-0.15, -0.1) is 0 Å². The predicted octanol–water partition coefficient (Wildman–Crippen LogP) is 5.60. The molecule has 8 fully saturated rings. The molecule has 170 valence electrons. The topological polar surface area (TPSA) is 53.0 Å². The highest BCUT2D eigenvalue weighted by Gasteiger charge is 2.65. The van der Waals surface area contributed by atoms with E-state index in [0.717, 1.165) is 23.7 Å². The summed E-state index contributed by atoms with van der Waals surface area (Å²) in [6.07, 6.45) is 9.49. The predicted molar refractivity (Wildman–Crippen MR) is 116 cm³/mol. The molecule has 0 radical (unpaired) electrons. The molecule has 4 aliphatic carbocycles. The molecule has 0 aromatic carbocycles. The number of piperidine rings is 4. The molecule has 0 spiro atoms. The van der Waals surface area contributed by atoms with Crippen LogP contribution in [0.25, 0.3) is 0 Å². The fraction of sp³-hybridized carbons (Fsp3) is 0.960. The summed E-state index contributed by atoms with van der Waals surface area (Å²) in [5.41, 5.74) is -0.0601. The third-order valence-corrected chi connectivity index (χ3v) is 9.63. The van der Waals surface area contributed by atoms with E-state index in [0.29, 0.717) is 0 Å². The minimum Gasteiger partial charge on any atom is -0.444 e.